The Morgan fingerprint density at radius 2 is 1.93 bits per heavy atom. The summed E-state index contributed by atoms with van der Waals surface area (Å²) in [6.45, 7) is 13.4. The van der Waals surface area contributed by atoms with Crippen molar-refractivity contribution in [1.29, 1.82) is 0 Å². The zero-order chi connectivity index (χ0) is 21.7. The Morgan fingerprint density at radius 3 is 2.60 bits per heavy atom. The Morgan fingerprint density at radius 1 is 1.20 bits per heavy atom. The van der Waals surface area contributed by atoms with Gasteiger partial charge in [0.25, 0.3) is 0 Å². The maximum Gasteiger partial charge on any atom is 0.410 e. The molecule has 2 heterocycles. The molecule has 0 N–H and O–H groups in total. The summed E-state index contributed by atoms with van der Waals surface area (Å²) >= 11 is 0. The number of amides is 1. The smallest absolute Gasteiger partial charge is 0.410 e. The average Bonchev–Trinajstić information content (AvgIpc) is 3.17. The van der Waals surface area contributed by atoms with Crippen LogP contribution in [0.2, 0.25) is 0 Å². The first kappa shape index (κ1) is 22.3. The van der Waals surface area contributed by atoms with Gasteiger partial charge in [-0.05, 0) is 44.7 Å². The number of ether oxygens (including phenoxy) is 1. The van der Waals surface area contributed by atoms with Gasteiger partial charge in [-0.2, -0.15) is 0 Å². The molecule has 0 radical (unpaired) electrons. The summed E-state index contributed by atoms with van der Waals surface area (Å²) < 4.78 is 5.58. The second-order valence-corrected chi connectivity index (χ2v) is 9.56. The quantitative estimate of drug-likeness (QED) is 0.656. The van der Waals surface area contributed by atoms with Crippen LogP contribution in [0, 0.1) is 5.92 Å². The summed E-state index contributed by atoms with van der Waals surface area (Å²) in [7, 11) is 0. The summed E-state index contributed by atoms with van der Waals surface area (Å²) in [5, 5.41) is 0. The molecule has 0 aliphatic carbocycles. The SMILES string of the molecule is CC(C)CN(Cc1ncccc1-c1ccccc1)[C@H]1CCN(C(=O)OC(C)(C)C)C1. The molecule has 0 saturated carbocycles. The van der Waals surface area contributed by atoms with Gasteiger partial charge < -0.3 is 9.64 Å². The van der Waals surface area contributed by atoms with Crippen molar-refractivity contribution in [2.24, 2.45) is 5.92 Å². The minimum Gasteiger partial charge on any atom is -0.444 e. The van der Waals surface area contributed by atoms with Gasteiger partial charge in [0.1, 0.15) is 5.60 Å². The Hall–Kier alpha value is -2.40. The van der Waals surface area contributed by atoms with Gasteiger partial charge in [0, 0.05) is 44.0 Å². The lowest BCUT2D eigenvalue weighted by molar-refractivity contribution is 0.0277. The van der Waals surface area contributed by atoms with Crippen LogP contribution in [0.5, 0.6) is 0 Å². The van der Waals surface area contributed by atoms with Gasteiger partial charge in [-0.3, -0.25) is 9.88 Å². The number of aromatic nitrogens is 1. The molecule has 0 unspecified atom stereocenters. The molecule has 1 amide bonds. The third kappa shape index (κ3) is 6.05. The van der Waals surface area contributed by atoms with E-state index in [2.05, 4.69) is 49.1 Å². The van der Waals surface area contributed by atoms with Crippen LogP contribution in [0.25, 0.3) is 11.1 Å². The molecule has 1 fully saturated rings. The first-order chi connectivity index (χ1) is 14.2. The lowest BCUT2D eigenvalue weighted by Crippen LogP contribution is -2.41. The summed E-state index contributed by atoms with van der Waals surface area (Å²) in [6, 6.07) is 14.9. The van der Waals surface area contributed by atoms with E-state index in [0.29, 0.717) is 18.5 Å². The lowest BCUT2D eigenvalue weighted by atomic mass is 10.0. The van der Waals surface area contributed by atoms with Crippen LogP contribution in [0.3, 0.4) is 0 Å². The third-order valence-corrected chi connectivity index (χ3v) is 5.26. The van der Waals surface area contributed by atoms with Crippen molar-refractivity contribution < 1.29 is 9.53 Å². The van der Waals surface area contributed by atoms with Crippen molar-refractivity contribution in [1.82, 2.24) is 14.8 Å². The fraction of sp³-hybridized carbons (Fsp3) is 0.520. The molecule has 3 rings (SSSR count). The second kappa shape index (κ2) is 9.61. The van der Waals surface area contributed by atoms with Gasteiger partial charge in [-0.25, -0.2) is 4.79 Å². The molecule has 30 heavy (non-hydrogen) atoms. The molecule has 2 aromatic rings. The highest BCUT2D eigenvalue weighted by Gasteiger charge is 2.33. The molecular formula is C25H35N3O2. The fourth-order valence-electron chi connectivity index (χ4n) is 3.98. The molecule has 1 aliphatic heterocycles. The second-order valence-electron chi connectivity index (χ2n) is 9.56. The number of nitrogens with zero attached hydrogens (tertiary/aromatic N) is 3. The molecule has 1 atom stereocenters. The Bertz CT molecular complexity index is 830. The average molecular weight is 410 g/mol. The van der Waals surface area contributed by atoms with Crippen LogP contribution in [0.4, 0.5) is 4.79 Å². The number of benzene rings is 1. The minimum atomic E-state index is -0.467. The van der Waals surface area contributed by atoms with Gasteiger partial charge in [0.2, 0.25) is 0 Å². The molecule has 1 saturated heterocycles. The van der Waals surface area contributed by atoms with E-state index < -0.39 is 5.60 Å². The summed E-state index contributed by atoms with van der Waals surface area (Å²) in [5.41, 5.74) is 2.98. The van der Waals surface area contributed by atoms with E-state index in [-0.39, 0.29) is 6.09 Å². The van der Waals surface area contributed by atoms with Crippen molar-refractivity contribution in [3.63, 3.8) is 0 Å². The number of hydrogen-bond acceptors (Lipinski definition) is 4. The van der Waals surface area contributed by atoms with Crippen LogP contribution >= 0.6 is 0 Å². The Labute approximate surface area is 181 Å². The van der Waals surface area contributed by atoms with Gasteiger partial charge in [0.05, 0.1) is 5.69 Å². The third-order valence-electron chi connectivity index (χ3n) is 5.26. The summed E-state index contributed by atoms with van der Waals surface area (Å²) in [4.78, 5) is 21.6. The maximum absolute atomic E-state index is 12.5. The monoisotopic (exact) mass is 409 g/mol. The molecule has 0 spiro atoms. The van der Waals surface area contributed by atoms with Crippen molar-refractivity contribution in [3.05, 3.63) is 54.4 Å². The van der Waals surface area contributed by atoms with E-state index in [1.807, 2.05) is 44.0 Å². The van der Waals surface area contributed by atoms with E-state index in [9.17, 15) is 4.79 Å². The highest BCUT2D eigenvalue weighted by Crippen LogP contribution is 2.26. The fourth-order valence-corrected chi connectivity index (χ4v) is 3.98. The largest absolute Gasteiger partial charge is 0.444 e. The first-order valence-corrected chi connectivity index (χ1v) is 10.9. The highest BCUT2D eigenvalue weighted by atomic mass is 16.6. The minimum absolute atomic E-state index is 0.211. The van der Waals surface area contributed by atoms with Gasteiger partial charge in [-0.15, -0.1) is 0 Å². The van der Waals surface area contributed by atoms with Crippen molar-refractivity contribution >= 4 is 6.09 Å². The lowest BCUT2D eigenvalue weighted by Gasteiger charge is -2.31. The maximum atomic E-state index is 12.5. The van der Waals surface area contributed by atoms with Crippen molar-refractivity contribution in [2.75, 3.05) is 19.6 Å². The standard InChI is InChI=1S/C25H35N3O2/c1-19(2)16-28(21-13-15-27(17-21)24(29)30-25(3,4)5)18-23-22(12-9-14-26-23)20-10-7-6-8-11-20/h6-12,14,19,21H,13,15-18H2,1-5H3/t21-/m0/s1. The molecule has 162 valence electrons. The normalized spacial score (nSPS) is 17.0. The van der Waals surface area contributed by atoms with E-state index in [1.54, 1.807) is 0 Å². The number of carbonyl (C=O) groups excluding carboxylic acids is 1. The highest BCUT2D eigenvalue weighted by molar-refractivity contribution is 5.68. The predicted molar refractivity (Wildman–Crippen MR) is 121 cm³/mol. The van der Waals surface area contributed by atoms with Crippen molar-refractivity contribution in [2.45, 2.75) is 59.2 Å². The molecule has 1 aromatic heterocycles. The molecule has 1 aromatic carbocycles. The van der Waals surface area contributed by atoms with Gasteiger partial charge >= 0.3 is 6.09 Å². The van der Waals surface area contributed by atoms with E-state index >= 15 is 0 Å². The predicted octanol–water partition coefficient (Wildman–Crippen LogP) is 5.22. The number of hydrogen-bond donors (Lipinski definition) is 0. The zero-order valence-electron chi connectivity index (χ0n) is 19.0. The van der Waals surface area contributed by atoms with E-state index in [1.165, 1.54) is 11.1 Å². The Kier molecular flexibility index (Phi) is 7.14. The van der Waals surface area contributed by atoms with Gasteiger partial charge in [-0.1, -0.05) is 50.2 Å². The molecule has 5 nitrogen and oxygen atoms in total. The van der Waals surface area contributed by atoms with E-state index in [0.717, 1.165) is 31.7 Å². The van der Waals surface area contributed by atoms with Crippen LogP contribution in [0.1, 0.15) is 46.7 Å². The number of carbonyl (C=O) groups is 1. The summed E-state index contributed by atoms with van der Waals surface area (Å²) in [6.07, 6.45) is 2.62. The molecule has 0 bridgehead atoms. The van der Waals surface area contributed by atoms with Crippen LogP contribution in [0.15, 0.2) is 48.7 Å². The van der Waals surface area contributed by atoms with Gasteiger partial charge in [0.15, 0.2) is 0 Å². The van der Waals surface area contributed by atoms with Crippen molar-refractivity contribution in [3.8, 4) is 11.1 Å². The number of likely N-dealkylation sites (tertiary alicyclic amines) is 1. The van der Waals surface area contributed by atoms with Crippen LogP contribution in [-0.2, 0) is 11.3 Å². The topological polar surface area (TPSA) is 45.7 Å². The molecular weight excluding hydrogens is 374 g/mol. The van der Waals surface area contributed by atoms with E-state index in [4.69, 9.17) is 9.72 Å². The van der Waals surface area contributed by atoms with Crippen LogP contribution < -0.4 is 0 Å². The Balaban J connectivity index is 1.76. The first-order valence-electron chi connectivity index (χ1n) is 10.9. The number of pyridine rings is 1. The molecule has 5 heteroatoms. The number of rotatable bonds is 6. The zero-order valence-corrected chi connectivity index (χ0v) is 19.0. The molecule has 1 aliphatic rings. The summed E-state index contributed by atoms with van der Waals surface area (Å²) in [5.74, 6) is 0.532. The van der Waals surface area contributed by atoms with Crippen LogP contribution in [-0.4, -0.2) is 52.2 Å².